The van der Waals surface area contributed by atoms with Crippen molar-refractivity contribution in [2.75, 3.05) is 0 Å². The van der Waals surface area contributed by atoms with Crippen molar-refractivity contribution in [1.82, 2.24) is 0 Å². The number of hydrogen-bond acceptors (Lipinski definition) is 4. The van der Waals surface area contributed by atoms with Gasteiger partial charge in [0.1, 0.15) is 0 Å². The van der Waals surface area contributed by atoms with Crippen LogP contribution in [0.2, 0.25) is 0 Å². The lowest BCUT2D eigenvalue weighted by molar-refractivity contribution is 0.156. The molecule has 3 nitrogen and oxygen atoms in total. The molecule has 0 N–H and O–H groups in total. The molecule has 0 atom stereocenters. The normalized spacial score (nSPS) is 12.4. The molecule has 108 valence electrons. The van der Waals surface area contributed by atoms with Gasteiger partial charge in [0, 0.05) is 5.75 Å². The fourth-order valence-electron chi connectivity index (χ4n) is 1.44. The summed E-state index contributed by atoms with van der Waals surface area (Å²) in [5.74, 6) is 0.622. The van der Waals surface area contributed by atoms with E-state index in [4.69, 9.17) is 9.05 Å². The van der Waals surface area contributed by atoms with Gasteiger partial charge >= 0.3 is 6.80 Å². The van der Waals surface area contributed by atoms with Crippen LogP contribution in [0.5, 0.6) is 0 Å². The van der Waals surface area contributed by atoms with Crippen molar-refractivity contribution in [2.24, 2.45) is 0 Å². The third-order valence-corrected chi connectivity index (χ3v) is 6.18. The van der Waals surface area contributed by atoms with E-state index in [1.54, 1.807) is 0 Å². The fourth-order valence-corrected chi connectivity index (χ4v) is 5.46. The van der Waals surface area contributed by atoms with Crippen molar-refractivity contribution in [3.63, 3.8) is 0 Å². The van der Waals surface area contributed by atoms with E-state index in [1.807, 2.05) is 58.9 Å². The minimum absolute atomic E-state index is 0.116. The van der Waals surface area contributed by atoms with Crippen molar-refractivity contribution >= 4 is 18.2 Å². The SMILES string of the molecule is Cc1ccc(CSP(=O)(OC(C)C)OC(C)C)cc1. The maximum absolute atomic E-state index is 12.6. The summed E-state index contributed by atoms with van der Waals surface area (Å²) in [5.41, 5.74) is 2.34. The smallest absolute Gasteiger partial charge is 0.298 e. The van der Waals surface area contributed by atoms with Crippen LogP contribution >= 0.6 is 18.2 Å². The Kier molecular flexibility index (Phi) is 6.61. The lowest BCUT2D eigenvalue weighted by Crippen LogP contribution is -2.06. The van der Waals surface area contributed by atoms with Crippen molar-refractivity contribution in [1.29, 1.82) is 0 Å². The summed E-state index contributed by atoms with van der Waals surface area (Å²) in [7, 11) is 0. The molecule has 0 saturated heterocycles. The largest absolute Gasteiger partial charge is 0.389 e. The maximum atomic E-state index is 12.6. The quantitative estimate of drug-likeness (QED) is 0.650. The van der Waals surface area contributed by atoms with Gasteiger partial charge in [0.2, 0.25) is 0 Å². The van der Waals surface area contributed by atoms with Crippen LogP contribution < -0.4 is 0 Å². The van der Waals surface area contributed by atoms with Crippen LogP contribution in [0, 0.1) is 6.92 Å². The molecule has 0 aromatic heterocycles. The molecule has 0 aliphatic heterocycles. The monoisotopic (exact) mass is 302 g/mol. The molecule has 0 aliphatic rings. The predicted molar refractivity (Wildman–Crippen MR) is 82.5 cm³/mol. The number of hydrogen-bond donors (Lipinski definition) is 0. The molecule has 0 bridgehead atoms. The fraction of sp³-hybridized carbons (Fsp3) is 0.571. The second kappa shape index (κ2) is 7.49. The average molecular weight is 302 g/mol. The van der Waals surface area contributed by atoms with Gasteiger partial charge in [-0.15, -0.1) is 0 Å². The molecule has 19 heavy (non-hydrogen) atoms. The zero-order chi connectivity index (χ0) is 14.5. The molecule has 0 unspecified atom stereocenters. The maximum Gasteiger partial charge on any atom is 0.389 e. The second-order valence-corrected chi connectivity index (χ2v) is 8.99. The highest BCUT2D eigenvalue weighted by Gasteiger charge is 2.28. The average Bonchev–Trinajstić information content (AvgIpc) is 2.26. The van der Waals surface area contributed by atoms with Gasteiger partial charge in [0.05, 0.1) is 12.2 Å². The van der Waals surface area contributed by atoms with Gasteiger partial charge in [-0.1, -0.05) is 29.8 Å². The highest BCUT2D eigenvalue weighted by Crippen LogP contribution is 2.63. The number of aryl methyl sites for hydroxylation is 1. The minimum Gasteiger partial charge on any atom is -0.298 e. The van der Waals surface area contributed by atoms with Crippen molar-refractivity contribution in [2.45, 2.75) is 52.6 Å². The summed E-state index contributed by atoms with van der Waals surface area (Å²) in [5, 5.41) is 0. The molecule has 1 rings (SSSR count). The Balaban J connectivity index is 2.67. The summed E-state index contributed by atoms with van der Waals surface area (Å²) < 4.78 is 23.6. The van der Waals surface area contributed by atoms with E-state index in [-0.39, 0.29) is 12.2 Å². The first-order valence-corrected chi connectivity index (χ1v) is 9.61. The van der Waals surface area contributed by atoms with Crippen LogP contribution in [-0.4, -0.2) is 12.2 Å². The van der Waals surface area contributed by atoms with Crippen LogP contribution in [0.3, 0.4) is 0 Å². The Labute approximate surface area is 120 Å². The van der Waals surface area contributed by atoms with Gasteiger partial charge in [-0.2, -0.15) is 0 Å². The first-order valence-electron chi connectivity index (χ1n) is 6.47. The van der Waals surface area contributed by atoms with E-state index >= 15 is 0 Å². The minimum atomic E-state index is -3.09. The molecule has 0 spiro atoms. The van der Waals surface area contributed by atoms with Gasteiger partial charge in [-0.05, 0) is 51.6 Å². The number of benzene rings is 1. The van der Waals surface area contributed by atoms with Gasteiger partial charge in [0.25, 0.3) is 0 Å². The molecule has 0 aliphatic carbocycles. The van der Waals surface area contributed by atoms with Crippen LogP contribution in [-0.2, 0) is 19.4 Å². The van der Waals surface area contributed by atoms with Crippen molar-refractivity contribution in [3.05, 3.63) is 35.4 Å². The molecular formula is C14H23O3PS. The zero-order valence-electron chi connectivity index (χ0n) is 12.3. The van der Waals surface area contributed by atoms with E-state index in [1.165, 1.54) is 16.9 Å². The van der Waals surface area contributed by atoms with Crippen LogP contribution in [0.25, 0.3) is 0 Å². The highest BCUT2D eigenvalue weighted by atomic mass is 32.7. The summed E-state index contributed by atoms with van der Waals surface area (Å²) >= 11 is 1.25. The third-order valence-electron chi connectivity index (χ3n) is 2.19. The molecule has 1 aromatic rings. The lowest BCUT2D eigenvalue weighted by atomic mass is 10.2. The molecule has 0 saturated carbocycles. The summed E-state index contributed by atoms with van der Waals surface area (Å²) in [6, 6.07) is 8.18. The van der Waals surface area contributed by atoms with Crippen LogP contribution in [0.15, 0.2) is 24.3 Å². The Morgan fingerprint density at radius 3 is 1.95 bits per heavy atom. The van der Waals surface area contributed by atoms with E-state index in [2.05, 4.69) is 0 Å². The Bertz CT molecular complexity index is 415. The van der Waals surface area contributed by atoms with Gasteiger partial charge in [-0.25, -0.2) is 4.57 Å². The van der Waals surface area contributed by atoms with E-state index < -0.39 is 6.80 Å². The van der Waals surface area contributed by atoms with Gasteiger partial charge in [0.15, 0.2) is 0 Å². The third kappa shape index (κ3) is 6.62. The van der Waals surface area contributed by atoms with Crippen LogP contribution in [0.4, 0.5) is 0 Å². The van der Waals surface area contributed by atoms with Gasteiger partial charge < -0.3 is 0 Å². The topological polar surface area (TPSA) is 35.5 Å². The molecule has 1 aromatic carbocycles. The van der Waals surface area contributed by atoms with E-state index in [9.17, 15) is 4.57 Å². The van der Waals surface area contributed by atoms with Crippen molar-refractivity contribution < 1.29 is 13.6 Å². The predicted octanol–water partition coefficient (Wildman–Crippen LogP) is 5.19. The lowest BCUT2D eigenvalue weighted by Gasteiger charge is -2.21. The first kappa shape index (κ1) is 16.8. The molecule has 5 heteroatoms. The molecule has 0 fully saturated rings. The van der Waals surface area contributed by atoms with Crippen LogP contribution in [0.1, 0.15) is 38.8 Å². The molecule has 0 heterocycles. The number of rotatable bonds is 7. The second-order valence-electron chi connectivity index (χ2n) is 5.01. The summed E-state index contributed by atoms with van der Waals surface area (Å²) in [6.45, 7) is 6.41. The standard InChI is InChI=1S/C14H23O3PS/c1-11(2)16-18(15,17-12(3)4)19-10-14-8-6-13(5)7-9-14/h6-9,11-12H,10H2,1-5H3. The van der Waals surface area contributed by atoms with Gasteiger partial charge in [-0.3, -0.25) is 9.05 Å². The Morgan fingerprint density at radius 2 is 1.53 bits per heavy atom. The first-order chi connectivity index (χ1) is 8.81. The summed E-state index contributed by atoms with van der Waals surface area (Å²) in [4.78, 5) is 0. The zero-order valence-corrected chi connectivity index (χ0v) is 14.0. The van der Waals surface area contributed by atoms with E-state index in [0.29, 0.717) is 5.75 Å². The molecule has 0 radical (unpaired) electrons. The Hall–Kier alpha value is -0.280. The van der Waals surface area contributed by atoms with Crippen molar-refractivity contribution in [3.8, 4) is 0 Å². The summed E-state index contributed by atoms with van der Waals surface area (Å²) in [6.07, 6.45) is -0.231. The molecular weight excluding hydrogens is 279 g/mol. The van der Waals surface area contributed by atoms with E-state index in [0.717, 1.165) is 5.56 Å². The molecule has 0 amide bonds. The Morgan fingerprint density at radius 1 is 1.05 bits per heavy atom. The highest BCUT2D eigenvalue weighted by molar-refractivity contribution is 8.54.